The van der Waals surface area contributed by atoms with E-state index in [9.17, 15) is 4.79 Å². The first kappa shape index (κ1) is 16.5. The van der Waals surface area contributed by atoms with E-state index < -0.39 is 0 Å². The minimum absolute atomic E-state index is 0.331. The number of imidazole rings is 1. The Hall–Kier alpha value is -1.36. The van der Waals surface area contributed by atoms with E-state index in [4.69, 9.17) is 0 Å². The summed E-state index contributed by atoms with van der Waals surface area (Å²) in [4.78, 5) is 21.1. The van der Waals surface area contributed by atoms with Crippen LogP contribution in [-0.4, -0.2) is 58.0 Å². The van der Waals surface area contributed by atoms with Crippen LogP contribution in [0.1, 0.15) is 51.3 Å². The van der Waals surface area contributed by atoms with Gasteiger partial charge < -0.3 is 9.47 Å². The highest BCUT2D eigenvalue weighted by molar-refractivity contribution is 5.78. The lowest BCUT2D eigenvalue weighted by molar-refractivity contribution is -0.131. The molecule has 2 aliphatic rings. The van der Waals surface area contributed by atoms with Crippen LogP contribution in [0.3, 0.4) is 0 Å². The summed E-state index contributed by atoms with van der Waals surface area (Å²) in [5.41, 5.74) is 0. The maximum atomic E-state index is 12.2. The minimum atomic E-state index is 0.331. The lowest BCUT2D eigenvalue weighted by atomic mass is 9.96. The molecule has 1 amide bonds. The zero-order valence-electron chi connectivity index (χ0n) is 14.6. The van der Waals surface area contributed by atoms with Crippen LogP contribution in [0.25, 0.3) is 0 Å². The molecule has 5 heteroatoms. The molecule has 0 radical (unpaired) electrons. The van der Waals surface area contributed by atoms with Crippen molar-refractivity contribution < 1.29 is 4.79 Å². The van der Waals surface area contributed by atoms with Gasteiger partial charge in [-0.05, 0) is 44.7 Å². The van der Waals surface area contributed by atoms with Crippen molar-refractivity contribution in [2.45, 2.75) is 52.0 Å². The molecule has 0 spiro atoms. The molecule has 0 bridgehead atoms. The molecule has 3 heterocycles. The van der Waals surface area contributed by atoms with E-state index in [1.54, 1.807) is 0 Å². The topological polar surface area (TPSA) is 41.4 Å². The molecule has 1 aromatic heterocycles. The number of amides is 1. The molecule has 0 atom stereocenters. The van der Waals surface area contributed by atoms with Crippen molar-refractivity contribution in [3.05, 3.63) is 18.2 Å². The monoisotopic (exact) mass is 318 g/mol. The zero-order valence-corrected chi connectivity index (χ0v) is 14.6. The van der Waals surface area contributed by atoms with Gasteiger partial charge in [0.1, 0.15) is 5.82 Å². The molecule has 1 aromatic rings. The summed E-state index contributed by atoms with van der Waals surface area (Å²) >= 11 is 0. The highest BCUT2D eigenvalue weighted by Gasteiger charge is 2.25. The van der Waals surface area contributed by atoms with Crippen molar-refractivity contribution >= 4 is 5.91 Å². The first-order chi connectivity index (χ1) is 11.1. The third-order valence-electron chi connectivity index (χ3n) is 5.24. The SMILES string of the molecule is CC(C)c1nccn1CC1CCN(CC(=O)N2CCCC2)CC1. The number of nitrogens with zero attached hydrogens (tertiary/aromatic N) is 4. The number of aromatic nitrogens is 2. The molecule has 2 aliphatic heterocycles. The van der Waals surface area contributed by atoms with E-state index in [0.29, 0.717) is 24.3 Å². The Labute approximate surface area is 139 Å². The molecular weight excluding hydrogens is 288 g/mol. The van der Waals surface area contributed by atoms with Crippen molar-refractivity contribution in [3.8, 4) is 0 Å². The molecule has 3 rings (SSSR count). The van der Waals surface area contributed by atoms with Gasteiger partial charge in [0.15, 0.2) is 0 Å². The standard InChI is InChI=1S/C18H30N4O/c1-15(2)18-19-7-12-22(18)13-16-5-10-20(11-6-16)14-17(23)21-8-3-4-9-21/h7,12,15-16H,3-6,8-11,13-14H2,1-2H3. The van der Waals surface area contributed by atoms with Gasteiger partial charge in [0.05, 0.1) is 6.54 Å². The van der Waals surface area contributed by atoms with Gasteiger partial charge >= 0.3 is 0 Å². The average molecular weight is 318 g/mol. The number of piperidine rings is 1. The Kier molecular flexibility index (Phi) is 5.36. The lowest BCUT2D eigenvalue weighted by Crippen LogP contribution is -2.43. The summed E-state index contributed by atoms with van der Waals surface area (Å²) in [5, 5.41) is 0. The highest BCUT2D eigenvalue weighted by Crippen LogP contribution is 2.22. The molecule has 0 N–H and O–H groups in total. The molecule has 0 unspecified atom stereocenters. The van der Waals surface area contributed by atoms with Crippen LogP contribution in [0.2, 0.25) is 0 Å². The number of carbonyl (C=O) groups is 1. The van der Waals surface area contributed by atoms with Crippen molar-refractivity contribution in [1.29, 1.82) is 0 Å². The molecular formula is C18H30N4O. The normalized spacial score (nSPS) is 20.6. The van der Waals surface area contributed by atoms with Gasteiger partial charge in [-0.2, -0.15) is 0 Å². The number of hydrogen-bond acceptors (Lipinski definition) is 3. The molecule has 0 aliphatic carbocycles. The van der Waals surface area contributed by atoms with Gasteiger partial charge in [-0.1, -0.05) is 13.8 Å². The summed E-state index contributed by atoms with van der Waals surface area (Å²) in [6, 6.07) is 0. The molecule has 0 saturated carbocycles. The van der Waals surface area contributed by atoms with Crippen molar-refractivity contribution in [2.24, 2.45) is 5.92 Å². The van der Waals surface area contributed by atoms with Gasteiger partial charge in [-0.15, -0.1) is 0 Å². The van der Waals surface area contributed by atoms with E-state index in [2.05, 4.69) is 34.5 Å². The summed E-state index contributed by atoms with van der Waals surface area (Å²) in [6.07, 6.45) is 8.75. The van der Waals surface area contributed by atoms with Gasteiger partial charge in [0.2, 0.25) is 5.91 Å². The van der Waals surface area contributed by atoms with Crippen molar-refractivity contribution in [1.82, 2.24) is 19.4 Å². The van der Waals surface area contributed by atoms with E-state index in [0.717, 1.165) is 32.7 Å². The fraction of sp³-hybridized carbons (Fsp3) is 0.778. The molecule has 2 fully saturated rings. The summed E-state index contributed by atoms with van der Waals surface area (Å²) < 4.78 is 2.32. The van der Waals surface area contributed by atoms with Crippen LogP contribution < -0.4 is 0 Å². The van der Waals surface area contributed by atoms with E-state index >= 15 is 0 Å². The summed E-state index contributed by atoms with van der Waals surface area (Å²) in [6.45, 7) is 10.1. The fourth-order valence-electron chi connectivity index (χ4n) is 3.84. The van der Waals surface area contributed by atoms with Crippen LogP contribution in [0.4, 0.5) is 0 Å². The molecule has 23 heavy (non-hydrogen) atoms. The average Bonchev–Trinajstić information content (AvgIpc) is 3.20. The summed E-state index contributed by atoms with van der Waals surface area (Å²) in [7, 11) is 0. The minimum Gasteiger partial charge on any atom is -0.342 e. The van der Waals surface area contributed by atoms with Gasteiger partial charge in [0, 0.05) is 37.9 Å². The third kappa shape index (κ3) is 4.14. The Balaban J connectivity index is 1.45. The van der Waals surface area contributed by atoms with Crippen LogP contribution >= 0.6 is 0 Å². The summed E-state index contributed by atoms with van der Waals surface area (Å²) in [5.74, 6) is 2.71. The van der Waals surface area contributed by atoms with E-state index in [1.165, 1.54) is 31.5 Å². The van der Waals surface area contributed by atoms with E-state index in [-0.39, 0.29) is 0 Å². The van der Waals surface area contributed by atoms with Crippen LogP contribution in [0.15, 0.2) is 12.4 Å². The van der Waals surface area contributed by atoms with Gasteiger partial charge in [-0.25, -0.2) is 4.98 Å². The number of carbonyl (C=O) groups excluding carboxylic acids is 1. The Morgan fingerprint density at radius 1 is 1.22 bits per heavy atom. The first-order valence-corrected chi connectivity index (χ1v) is 9.14. The molecule has 5 nitrogen and oxygen atoms in total. The number of hydrogen-bond donors (Lipinski definition) is 0. The Morgan fingerprint density at radius 3 is 2.57 bits per heavy atom. The Bertz CT molecular complexity index is 511. The fourth-order valence-corrected chi connectivity index (χ4v) is 3.84. The molecule has 128 valence electrons. The maximum absolute atomic E-state index is 12.2. The molecule has 2 saturated heterocycles. The second-order valence-corrected chi connectivity index (χ2v) is 7.40. The number of likely N-dealkylation sites (tertiary alicyclic amines) is 2. The Morgan fingerprint density at radius 2 is 1.91 bits per heavy atom. The van der Waals surface area contributed by atoms with Crippen LogP contribution in [0.5, 0.6) is 0 Å². The zero-order chi connectivity index (χ0) is 16.2. The van der Waals surface area contributed by atoms with Crippen LogP contribution in [-0.2, 0) is 11.3 Å². The van der Waals surface area contributed by atoms with Gasteiger partial charge in [-0.3, -0.25) is 9.69 Å². The molecule has 0 aromatic carbocycles. The second-order valence-electron chi connectivity index (χ2n) is 7.40. The van der Waals surface area contributed by atoms with Crippen molar-refractivity contribution in [2.75, 3.05) is 32.7 Å². The van der Waals surface area contributed by atoms with Crippen LogP contribution in [0, 0.1) is 5.92 Å². The highest BCUT2D eigenvalue weighted by atomic mass is 16.2. The maximum Gasteiger partial charge on any atom is 0.236 e. The quantitative estimate of drug-likeness (QED) is 0.837. The second kappa shape index (κ2) is 7.47. The van der Waals surface area contributed by atoms with Gasteiger partial charge in [0.25, 0.3) is 0 Å². The smallest absolute Gasteiger partial charge is 0.236 e. The largest absolute Gasteiger partial charge is 0.342 e. The third-order valence-corrected chi connectivity index (χ3v) is 5.24. The lowest BCUT2D eigenvalue weighted by Gasteiger charge is -2.33. The predicted molar refractivity (Wildman–Crippen MR) is 91.3 cm³/mol. The van der Waals surface area contributed by atoms with E-state index in [1.807, 2.05) is 11.1 Å². The first-order valence-electron chi connectivity index (χ1n) is 9.14. The van der Waals surface area contributed by atoms with Crippen molar-refractivity contribution in [3.63, 3.8) is 0 Å². The predicted octanol–water partition coefficient (Wildman–Crippen LogP) is 2.34. The number of rotatable bonds is 5.